The van der Waals surface area contributed by atoms with Gasteiger partial charge in [0.25, 0.3) is 0 Å². The second kappa shape index (κ2) is 6.07. The molecule has 0 aliphatic carbocycles. The molecule has 0 amide bonds. The third-order valence-corrected chi connectivity index (χ3v) is 3.17. The summed E-state index contributed by atoms with van der Waals surface area (Å²) in [5.41, 5.74) is 1.29. The number of hydrogen-bond donors (Lipinski definition) is 1. The van der Waals surface area contributed by atoms with E-state index in [1.165, 1.54) is 18.1 Å². The van der Waals surface area contributed by atoms with Crippen molar-refractivity contribution >= 4 is 23.3 Å². The number of ether oxygens (including phenoxy) is 1. The number of nitrogens with one attached hydrogen (secondary N) is 1. The van der Waals surface area contributed by atoms with Gasteiger partial charge in [-0.3, -0.25) is 0 Å². The Bertz CT molecular complexity index is 607. The molecular weight excluding hydrogens is 260 g/mol. The lowest BCUT2D eigenvalue weighted by Crippen LogP contribution is -2.00. The fourth-order valence-electron chi connectivity index (χ4n) is 1.53. The summed E-state index contributed by atoms with van der Waals surface area (Å²) in [4.78, 5) is 8.17. The van der Waals surface area contributed by atoms with Gasteiger partial charge in [-0.2, -0.15) is 5.26 Å². The topological polar surface area (TPSA) is 70.8 Å². The average molecular weight is 272 g/mol. The smallest absolute Gasteiger partial charge is 0.152 e. The molecule has 1 N–H and O–H groups in total. The van der Waals surface area contributed by atoms with Crippen molar-refractivity contribution in [3.05, 3.63) is 36.2 Å². The monoisotopic (exact) mass is 272 g/mol. The van der Waals surface area contributed by atoms with Crippen LogP contribution in [0.3, 0.4) is 0 Å². The molecule has 0 aliphatic rings. The average Bonchev–Trinajstić information content (AvgIpc) is 2.47. The standard InChI is InChI=1S/C13H12N4OS/c1-18-10-5-3-9(4-6-10)17-12-11(7-14)13(19-2)16-8-15-12/h3-6,8H,1-2H3,(H,15,16,17). The molecule has 1 aromatic carbocycles. The molecular formula is C13H12N4OS. The lowest BCUT2D eigenvalue weighted by molar-refractivity contribution is 0.415. The van der Waals surface area contributed by atoms with E-state index in [2.05, 4.69) is 21.4 Å². The summed E-state index contributed by atoms with van der Waals surface area (Å²) in [6.45, 7) is 0. The lowest BCUT2D eigenvalue weighted by Gasteiger charge is -2.09. The molecule has 0 fully saturated rings. The van der Waals surface area contributed by atoms with E-state index in [0.29, 0.717) is 16.4 Å². The molecule has 1 heterocycles. The van der Waals surface area contributed by atoms with E-state index in [9.17, 15) is 5.26 Å². The van der Waals surface area contributed by atoms with Gasteiger partial charge in [0.1, 0.15) is 28.7 Å². The van der Waals surface area contributed by atoms with E-state index in [4.69, 9.17) is 4.74 Å². The first-order valence-electron chi connectivity index (χ1n) is 5.48. The summed E-state index contributed by atoms with van der Waals surface area (Å²) in [6, 6.07) is 9.53. The van der Waals surface area contributed by atoms with Crippen LogP contribution in [0.25, 0.3) is 0 Å². The van der Waals surface area contributed by atoms with Crippen LogP contribution in [-0.2, 0) is 0 Å². The fraction of sp³-hybridized carbons (Fsp3) is 0.154. The summed E-state index contributed by atoms with van der Waals surface area (Å²) >= 11 is 1.42. The molecule has 0 atom stereocenters. The van der Waals surface area contributed by atoms with Crippen LogP contribution in [-0.4, -0.2) is 23.3 Å². The Morgan fingerprint density at radius 3 is 2.58 bits per heavy atom. The molecule has 96 valence electrons. The number of benzene rings is 1. The maximum Gasteiger partial charge on any atom is 0.152 e. The molecule has 0 radical (unpaired) electrons. The molecule has 0 unspecified atom stereocenters. The predicted octanol–water partition coefficient (Wildman–Crippen LogP) is 2.82. The zero-order valence-electron chi connectivity index (χ0n) is 10.5. The minimum Gasteiger partial charge on any atom is -0.497 e. The van der Waals surface area contributed by atoms with E-state index < -0.39 is 0 Å². The minimum absolute atomic E-state index is 0.450. The van der Waals surface area contributed by atoms with Crippen molar-refractivity contribution in [2.75, 3.05) is 18.7 Å². The highest BCUT2D eigenvalue weighted by Gasteiger charge is 2.10. The van der Waals surface area contributed by atoms with E-state index in [1.54, 1.807) is 7.11 Å². The highest BCUT2D eigenvalue weighted by Crippen LogP contribution is 2.25. The highest BCUT2D eigenvalue weighted by molar-refractivity contribution is 7.98. The zero-order valence-corrected chi connectivity index (χ0v) is 11.4. The maximum absolute atomic E-state index is 9.19. The molecule has 2 rings (SSSR count). The van der Waals surface area contributed by atoms with E-state index in [1.807, 2.05) is 30.5 Å². The Labute approximate surface area is 115 Å². The number of thioether (sulfide) groups is 1. The van der Waals surface area contributed by atoms with Crippen molar-refractivity contribution in [1.82, 2.24) is 9.97 Å². The van der Waals surface area contributed by atoms with Gasteiger partial charge in [0, 0.05) is 5.69 Å². The third kappa shape index (κ3) is 2.95. The Morgan fingerprint density at radius 1 is 1.26 bits per heavy atom. The predicted molar refractivity (Wildman–Crippen MR) is 74.8 cm³/mol. The van der Waals surface area contributed by atoms with Gasteiger partial charge in [-0.15, -0.1) is 11.8 Å². The minimum atomic E-state index is 0.450. The Morgan fingerprint density at radius 2 is 2.00 bits per heavy atom. The molecule has 2 aromatic rings. The van der Waals surface area contributed by atoms with E-state index in [0.717, 1.165) is 11.4 Å². The van der Waals surface area contributed by atoms with Crippen LogP contribution in [0.5, 0.6) is 5.75 Å². The van der Waals surface area contributed by atoms with Crippen molar-refractivity contribution in [2.24, 2.45) is 0 Å². The molecule has 1 aromatic heterocycles. The Balaban J connectivity index is 2.30. The molecule has 0 aliphatic heterocycles. The zero-order chi connectivity index (χ0) is 13.7. The first-order chi connectivity index (χ1) is 9.28. The molecule has 0 saturated heterocycles. The number of aromatic nitrogens is 2. The van der Waals surface area contributed by atoms with Gasteiger partial charge in [0.05, 0.1) is 7.11 Å². The van der Waals surface area contributed by atoms with Gasteiger partial charge in [-0.05, 0) is 30.5 Å². The van der Waals surface area contributed by atoms with Gasteiger partial charge in [-0.25, -0.2) is 9.97 Å². The number of rotatable bonds is 4. The SMILES string of the molecule is COc1ccc(Nc2ncnc(SC)c2C#N)cc1. The molecule has 0 bridgehead atoms. The summed E-state index contributed by atoms with van der Waals surface area (Å²) < 4.78 is 5.09. The number of nitriles is 1. The Hall–Kier alpha value is -2.26. The summed E-state index contributed by atoms with van der Waals surface area (Å²) in [7, 11) is 1.62. The van der Waals surface area contributed by atoms with Crippen molar-refractivity contribution < 1.29 is 4.74 Å². The van der Waals surface area contributed by atoms with E-state index >= 15 is 0 Å². The van der Waals surface area contributed by atoms with Crippen LogP contribution in [0, 0.1) is 11.3 Å². The Kier molecular flexibility index (Phi) is 4.21. The number of nitrogens with zero attached hydrogens (tertiary/aromatic N) is 3. The lowest BCUT2D eigenvalue weighted by atomic mass is 10.3. The van der Waals surface area contributed by atoms with Gasteiger partial charge >= 0.3 is 0 Å². The number of hydrogen-bond acceptors (Lipinski definition) is 6. The van der Waals surface area contributed by atoms with Crippen LogP contribution in [0.2, 0.25) is 0 Å². The third-order valence-electron chi connectivity index (χ3n) is 2.47. The van der Waals surface area contributed by atoms with E-state index in [-0.39, 0.29) is 0 Å². The largest absolute Gasteiger partial charge is 0.497 e. The number of methoxy groups -OCH3 is 1. The first kappa shape index (κ1) is 13.2. The second-order valence-corrected chi connectivity index (χ2v) is 4.37. The van der Waals surface area contributed by atoms with Crippen molar-refractivity contribution in [1.29, 1.82) is 5.26 Å². The van der Waals surface area contributed by atoms with Gasteiger partial charge in [-0.1, -0.05) is 0 Å². The normalized spacial score (nSPS) is 9.74. The van der Waals surface area contributed by atoms with Crippen molar-refractivity contribution in [2.45, 2.75) is 5.03 Å². The maximum atomic E-state index is 9.19. The molecule has 0 spiro atoms. The fourth-order valence-corrected chi connectivity index (χ4v) is 2.03. The molecule has 19 heavy (non-hydrogen) atoms. The van der Waals surface area contributed by atoms with Gasteiger partial charge in [0.15, 0.2) is 5.82 Å². The second-order valence-electron chi connectivity index (χ2n) is 3.57. The van der Waals surface area contributed by atoms with Crippen LogP contribution >= 0.6 is 11.8 Å². The van der Waals surface area contributed by atoms with Crippen LogP contribution < -0.4 is 10.1 Å². The van der Waals surface area contributed by atoms with Crippen LogP contribution in [0.4, 0.5) is 11.5 Å². The molecule has 6 heteroatoms. The quantitative estimate of drug-likeness (QED) is 0.681. The summed E-state index contributed by atoms with van der Waals surface area (Å²) in [5.74, 6) is 1.28. The van der Waals surface area contributed by atoms with Crippen molar-refractivity contribution in [3.63, 3.8) is 0 Å². The first-order valence-corrected chi connectivity index (χ1v) is 6.71. The van der Waals surface area contributed by atoms with Crippen LogP contribution in [0.15, 0.2) is 35.6 Å². The molecule has 0 saturated carbocycles. The highest BCUT2D eigenvalue weighted by atomic mass is 32.2. The van der Waals surface area contributed by atoms with Gasteiger partial charge < -0.3 is 10.1 Å². The summed E-state index contributed by atoms with van der Waals surface area (Å²) in [5, 5.41) is 13.0. The van der Waals surface area contributed by atoms with Crippen LogP contribution in [0.1, 0.15) is 5.56 Å². The van der Waals surface area contributed by atoms with Gasteiger partial charge in [0.2, 0.25) is 0 Å². The summed E-state index contributed by atoms with van der Waals surface area (Å²) in [6.07, 6.45) is 3.32. The number of anilines is 2. The molecule has 5 nitrogen and oxygen atoms in total. The van der Waals surface area contributed by atoms with Crippen molar-refractivity contribution in [3.8, 4) is 11.8 Å².